The molecule has 0 spiro atoms. The monoisotopic (exact) mass is 311 g/mol. The fraction of sp³-hybridized carbons (Fsp3) is 0.474. The minimum Gasteiger partial charge on any atom is -0.340 e. The number of aryl methyl sites for hydroxylation is 2. The van der Waals surface area contributed by atoms with Crippen LogP contribution in [0.15, 0.2) is 42.9 Å². The summed E-state index contributed by atoms with van der Waals surface area (Å²) in [6.45, 7) is 1.74. The highest BCUT2D eigenvalue weighted by Gasteiger charge is 2.25. The first-order chi connectivity index (χ1) is 11.2. The summed E-state index contributed by atoms with van der Waals surface area (Å²) in [6, 6.07) is 10.6. The van der Waals surface area contributed by atoms with Crippen LogP contribution in [-0.4, -0.2) is 33.4 Å². The van der Waals surface area contributed by atoms with E-state index in [0.29, 0.717) is 11.6 Å². The summed E-state index contributed by atoms with van der Waals surface area (Å²) in [5.74, 6) is 0.707. The van der Waals surface area contributed by atoms with Gasteiger partial charge >= 0.3 is 0 Å². The number of piperidine rings is 1. The summed E-state index contributed by atoms with van der Waals surface area (Å²) in [6.07, 6.45) is 9.36. The van der Waals surface area contributed by atoms with Gasteiger partial charge in [0.15, 0.2) is 0 Å². The second kappa shape index (κ2) is 7.44. The van der Waals surface area contributed by atoms with Crippen molar-refractivity contribution in [3.63, 3.8) is 0 Å². The maximum atomic E-state index is 12.5. The van der Waals surface area contributed by atoms with Crippen LogP contribution in [0.4, 0.5) is 0 Å². The van der Waals surface area contributed by atoms with Crippen LogP contribution < -0.4 is 0 Å². The van der Waals surface area contributed by atoms with Crippen LogP contribution >= 0.6 is 0 Å². The summed E-state index contributed by atoms with van der Waals surface area (Å²) >= 11 is 0. The van der Waals surface area contributed by atoms with Gasteiger partial charge in [0.2, 0.25) is 0 Å². The minimum atomic E-state index is 0.0818. The lowest BCUT2D eigenvalue weighted by molar-refractivity contribution is 0.0661. The van der Waals surface area contributed by atoms with Gasteiger partial charge in [0, 0.05) is 26.3 Å². The maximum Gasteiger partial charge on any atom is 0.274 e. The molecule has 0 radical (unpaired) electrons. The van der Waals surface area contributed by atoms with Crippen molar-refractivity contribution in [1.29, 1.82) is 0 Å². The first-order valence-electron chi connectivity index (χ1n) is 8.53. The van der Waals surface area contributed by atoms with Crippen molar-refractivity contribution in [2.45, 2.75) is 32.1 Å². The fourth-order valence-corrected chi connectivity index (χ4v) is 3.41. The zero-order valence-electron chi connectivity index (χ0n) is 13.8. The van der Waals surface area contributed by atoms with Gasteiger partial charge in [-0.25, -0.2) is 4.98 Å². The lowest BCUT2D eigenvalue weighted by Crippen LogP contribution is -2.40. The van der Waals surface area contributed by atoms with Crippen molar-refractivity contribution < 1.29 is 4.79 Å². The van der Waals surface area contributed by atoms with Gasteiger partial charge in [0.1, 0.15) is 5.69 Å². The Morgan fingerprint density at radius 2 is 2.13 bits per heavy atom. The molecule has 1 aromatic carbocycles. The van der Waals surface area contributed by atoms with Gasteiger partial charge in [-0.05, 0) is 43.6 Å². The van der Waals surface area contributed by atoms with E-state index in [1.165, 1.54) is 24.8 Å². The number of likely N-dealkylation sites (tertiary alicyclic amines) is 1. The Hall–Kier alpha value is -2.10. The van der Waals surface area contributed by atoms with Crippen molar-refractivity contribution in [2.75, 3.05) is 13.1 Å². The Morgan fingerprint density at radius 3 is 2.87 bits per heavy atom. The van der Waals surface area contributed by atoms with E-state index in [2.05, 4.69) is 35.3 Å². The average Bonchev–Trinajstić information content (AvgIpc) is 3.02. The Morgan fingerprint density at radius 1 is 1.30 bits per heavy atom. The number of amides is 1. The molecule has 0 N–H and O–H groups in total. The van der Waals surface area contributed by atoms with Crippen molar-refractivity contribution in [3.05, 3.63) is 54.1 Å². The van der Waals surface area contributed by atoms with E-state index in [0.717, 1.165) is 25.9 Å². The average molecular weight is 311 g/mol. The number of carbonyl (C=O) groups excluding carboxylic acids is 1. The van der Waals surface area contributed by atoms with Crippen LogP contribution in [0.25, 0.3) is 0 Å². The SMILES string of the molecule is Cn1cnc(C(=O)N2CCCC(CCCc3ccccc3)C2)c1. The third-order valence-electron chi connectivity index (χ3n) is 4.65. The molecule has 2 heterocycles. The molecule has 1 aromatic heterocycles. The van der Waals surface area contributed by atoms with Crippen molar-refractivity contribution >= 4 is 5.91 Å². The lowest BCUT2D eigenvalue weighted by Gasteiger charge is -2.32. The number of hydrogen-bond acceptors (Lipinski definition) is 2. The zero-order valence-corrected chi connectivity index (χ0v) is 13.8. The molecule has 23 heavy (non-hydrogen) atoms. The van der Waals surface area contributed by atoms with Gasteiger partial charge in [0.05, 0.1) is 6.33 Å². The number of benzene rings is 1. The Balaban J connectivity index is 1.49. The van der Waals surface area contributed by atoms with Gasteiger partial charge in [0.25, 0.3) is 5.91 Å². The third-order valence-corrected chi connectivity index (χ3v) is 4.65. The van der Waals surface area contributed by atoms with Gasteiger partial charge < -0.3 is 9.47 Å². The number of imidazole rings is 1. The number of hydrogen-bond donors (Lipinski definition) is 0. The highest BCUT2D eigenvalue weighted by molar-refractivity contribution is 5.92. The summed E-state index contributed by atoms with van der Waals surface area (Å²) < 4.78 is 1.83. The van der Waals surface area contributed by atoms with Crippen molar-refractivity contribution in [3.8, 4) is 0 Å². The molecule has 1 aliphatic heterocycles. The molecule has 1 saturated heterocycles. The lowest BCUT2D eigenvalue weighted by atomic mass is 9.91. The fourth-order valence-electron chi connectivity index (χ4n) is 3.41. The highest BCUT2D eigenvalue weighted by atomic mass is 16.2. The molecule has 0 aliphatic carbocycles. The molecular weight excluding hydrogens is 286 g/mol. The van der Waals surface area contributed by atoms with E-state index in [4.69, 9.17) is 0 Å². The summed E-state index contributed by atoms with van der Waals surface area (Å²) in [7, 11) is 1.90. The summed E-state index contributed by atoms with van der Waals surface area (Å²) in [5, 5.41) is 0. The van der Waals surface area contributed by atoms with Gasteiger partial charge in [-0.2, -0.15) is 0 Å². The minimum absolute atomic E-state index is 0.0818. The Kier molecular flexibility index (Phi) is 5.11. The standard InChI is InChI=1S/C19H25N3O/c1-21-14-18(20-15-21)19(23)22-12-6-11-17(13-22)10-5-9-16-7-3-2-4-8-16/h2-4,7-8,14-15,17H,5-6,9-13H2,1H3. The predicted octanol–water partition coefficient (Wildman–Crippen LogP) is 3.30. The van der Waals surface area contributed by atoms with Crippen LogP contribution in [-0.2, 0) is 13.5 Å². The molecule has 4 heteroatoms. The van der Waals surface area contributed by atoms with E-state index in [9.17, 15) is 4.79 Å². The van der Waals surface area contributed by atoms with Crippen LogP contribution in [0, 0.1) is 5.92 Å². The molecule has 0 saturated carbocycles. The molecular formula is C19H25N3O. The molecule has 1 atom stereocenters. The summed E-state index contributed by atoms with van der Waals surface area (Å²) in [4.78, 5) is 18.7. The zero-order chi connectivity index (χ0) is 16.1. The molecule has 4 nitrogen and oxygen atoms in total. The quantitative estimate of drug-likeness (QED) is 0.850. The molecule has 3 rings (SSSR count). The Labute approximate surface area is 138 Å². The van der Waals surface area contributed by atoms with E-state index in [-0.39, 0.29) is 5.91 Å². The third kappa shape index (κ3) is 4.21. The van der Waals surface area contributed by atoms with Crippen molar-refractivity contribution in [2.24, 2.45) is 13.0 Å². The number of nitrogens with zero attached hydrogens (tertiary/aromatic N) is 3. The van der Waals surface area contributed by atoms with Crippen LogP contribution in [0.3, 0.4) is 0 Å². The number of carbonyl (C=O) groups is 1. The first-order valence-corrected chi connectivity index (χ1v) is 8.53. The number of rotatable bonds is 5. The summed E-state index contributed by atoms with van der Waals surface area (Å²) in [5.41, 5.74) is 1.97. The maximum absolute atomic E-state index is 12.5. The molecule has 122 valence electrons. The highest BCUT2D eigenvalue weighted by Crippen LogP contribution is 2.23. The van der Waals surface area contributed by atoms with Gasteiger partial charge in [-0.3, -0.25) is 4.79 Å². The first kappa shape index (κ1) is 15.8. The second-order valence-electron chi connectivity index (χ2n) is 6.56. The van der Waals surface area contributed by atoms with Gasteiger partial charge in [-0.15, -0.1) is 0 Å². The second-order valence-corrected chi connectivity index (χ2v) is 6.56. The van der Waals surface area contributed by atoms with Crippen molar-refractivity contribution in [1.82, 2.24) is 14.5 Å². The van der Waals surface area contributed by atoms with Crippen LogP contribution in [0.5, 0.6) is 0 Å². The Bertz CT molecular complexity index is 635. The van der Waals surface area contributed by atoms with E-state index < -0.39 is 0 Å². The molecule has 1 unspecified atom stereocenters. The van der Waals surface area contributed by atoms with E-state index >= 15 is 0 Å². The predicted molar refractivity (Wildman–Crippen MR) is 91.2 cm³/mol. The molecule has 2 aromatic rings. The normalized spacial score (nSPS) is 18.1. The van der Waals surface area contributed by atoms with Crippen LogP contribution in [0.2, 0.25) is 0 Å². The molecule has 1 amide bonds. The topological polar surface area (TPSA) is 38.1 Å². The molecule has 1 aliphatic rings. The van der Waals surface area contributed by atoms with Crippen LogP contribution in [0.1, 0.15) is 41.7 Å². The van der Waals surface area contributed by atoms with E-state index in [1.54, 1.807) is 12.5 Å². The smallest absolute Gasteiger partial charge is 0.274 e. The molecule has 1 fully saturated rings. The largest absolute Gasteiger partial charge is 0.340 e. The van der Waals surface area contributed by atoms with Gasteiger partial charge in [-0.1, -0.05) is 30.3 Å². The molecule has 0 bridgehead atoms. The number of aromatic nitrogens is 2. The van der Waals surface area contributed by atoms with E-state index in [1.807, 2.05) is 16.5 Å².